The van der Waals surface area contributed by atoms with Crippen molar-refractivity contribution >= 4 is 16.7 Å². The van der Waals surface area contributed by atoms with Crippen molar-refractivity contribution in [2.45, 2.75) is 0 Å². The van der Waals surface area contributed by atoms with Gasteiger partial charge in [0.1, 0.15) is 12.5 Å². The Balaban J connectivity index is 2.26. The minimum atomic E-state index is -0.489. The average molecular weight is 230 g/mol. The highest BCUT2D eigenvalue weighted by Gasteiger charge is 2.13. The van der Waals surface area contributed by atoms with Gasteiger partial charge in [0.15, 0.2) is 11.5 Å². The largest absolute Gasteiger partial charge is 0.288 e. The average Bonchev–Trinajstić information content (AvgIpc) is 2.96. The lowest BCUT2D eigenvalue weighted by atomic mass is 10.3. The molecule has 3 rings (SSSR count). The lowest BCUT2D eigenvalue weighted by Gasteiger charge is -1.96. The van der Waals surface area contributed by atoms with Crippen LogP contribution >= 0.6 is 0 Å². The van der Waals surface area contributed by atoms with Crippen molar-refractivity contribution in [1.82, 2.24) is 24.7 Å². The molecule has 0 aromatic carbocycles. The van der Waals surface area contributed by atoms with Crippen LogP contribution in [0.5, 0.6) is 0 Å². The fraction of sp³-hybridized carbons (Fsp3) is 0. The van der Waals surface area contributed by atoms with E-state index in [1.54, 1.807) is 23.3 Å². The number of imidazole rings is 1. The van der Waals surface area contributed by atoms with Gasteiger partial charge in [-0.3, -0.25) is 19.8 Å². The third-order valence-electron chi connectivity index (χ3n) is 2.34. The van der Waals surface area contributed by atoms with E-state index >= 15 is 0 Å². The second kappa shape index (κ2) is 3.37. The summed E-state index contributed by atoms with van der Waals surface area (Å²) < 4.78 is 1.66. The van der Waals surface area contributed by atoms with E-state index in [2.05, 4.69) is 20.2 Å². The molecule has 84 valence electrons. The van der Waals surface area contributed by atoms with E-state index < -0.39 is 4.92 Å². The Morgan fingerprint density at radius 2 is 2.35 bits per heavy atom. The number of pyridine rings is 1. The lowest BCUT2D eigenvalue weighted by molar-refractivity contribution is -0.385. The van der Waals surface area contributed by atoms with Crippen LogP contribution in [0.3, 0.4) is 0 Å². The smallest absolute Gasteiger partial charge is 0.288 e. The Morgan fingerprint density at radius 3 is 3.06 bits per heavy atom. The topological polar surface area (TPSA) is 103 Å². The number of aromatic nitrogens is 5. The van der Waals surface area contributed by atoms with Gasteiger partial charge < -0.3 is 0 Å². The Hall–Kier alpha value is -2.77. The molecule has 3 aromatic heterocycles. The Bertz CT molecular complexity index is 687. The van der Waals surface area contributed by atoms with Gasteiger partial charge in [-0.05, 0) is 0 Å². The van der Waals surface area contributed by atoms with Gasteiger partial charge in [0.2, 0.25) is 0 Å². The summed E-state index contributed by atoms with van der Waals surface area (Å²) in [6, 6.07) is 1.43. The van der Waals surface area contributed by atoms with Crippen molar-refractivity contribution in [1.29, 1.82) is 0 Å². The van der Waals surface area contributed by atoms with Crippen molar-refractivity contribution in [2.24, 2.45) is 0 Å². The first-order chi connectivity index (χ1) is 8.25. The number of nitrogens with zero attached hydrogens (tertiary/aromatic N) is 5. The van der Waals surface area contributed by atoms with Gasteiger partial charge in [0, 0.05) is 18.5 Å². The van der Waals surface area contributed by atoms with Crippen molar-refractivity contribution in [3.05, 3.63) is 41.1 Å². The van der Waals surface area contributed by atoms with E-state index in [9.17, 15) is 10.1 Å². The number of nitro groups is 1. The summed E-state index contributed by atoms with van der Waals surface area (Å²) in [4.78, 5) is 18.0. The number of nitrogens with one attached hydrogen (secondary N) is 1. The number of aromatic amines is 1. The summed E-state index contributed by atoms with van der Waals surface area (Å²) in [6.07, 6.45) is 6.06. The molecule has 8 heteroatoms. The Labute approximate surface area is 94.1 Å². The number of rotatable bonds is 2. The highest BCUT2D eigenvalue weighted by atomic mass is 16.6. The summed E-state index contributed by atoms with van der Waals surface area (Å²) in [5.74, 6) is 0.536. The van der Waals surface area contributed by atoms with Gasteiger partial charge in [-0.25, -0.2) is 9.97 Å². The fourth-order valence-corrected chi connectivity index (χ4v) is 1.56. The molecule has 3 aromatic rings. The predicted molar refractivity (Wildman–Crippen MR) is 57.7 cm³/mol. The Kier molecular flexibility index (Phi) is 1.87. The van der Waals surface area contributed by atoms with Gasteiger partial charge in [-0.1, -0.05) is 0 Å². The van der Waals surface area contributed by atoms with Crippen molar-refractivity contribution in [3.63, 3.8) is 0 Å². The fourth-order valence-electron chi connectivity index (χ4n) is 1.56. The van der Waals surface area contributed by atoms with Gasteiger partial charge in [0.25, 0.3) is 5.69 Å². The number of fused-ring (bicyclic) bond motifs is 1. The molecule has 0 radical (unpaired) electrons. The quantitative estimate of drug-likeness (QED) is 0.523. The van der Waals surface area contributed by atoms with Gasteiger partial charge in [-0.2, -0.15) is 5.10 Å². The highest BCUT2D eigenvalue weighted by molar-refractivity contribution is 5.84. The summed E-state index contributed by atoms with van der Waals surface area (Å²) >= 11 is 0. The van der Waals surface area contributed by atoms with Crippen molar-refractivity contribution < 1.29 is 4.92 Å². The van der Waals surface area contributed by atoms with E-state index in [4.69, 9.17) is 0 Å². The number of H-pyrrole nitrogens is 1. The molecular weight excluding hydrogens is 224 g/mol. The zero-order chi connectivity index (χ0) is 11.8. The third kappa shape index (κ3) is 1.42. The molecule has 17 heavy (non-hydrogen) atoms. The zero-order valence-electron chi connectivity index (χ0n) is 8.44. The molecular formula is C9H6N6O2. The minimum Gasteiger partial charge on any atom is -0.288 e. The van der Waals surface area contributed by atoms with Crippen molar-refractivity contribution in [3.8, 4) is 5.82 Å². The molecule has 0 aliphatic carbocycles. The molecule has 8 nitrogen and oxygen atoms in total. The summed E-state index contributed by atoms with van der Waals surface area (Å²) in [5.41, 5.74) is 0.430. The molecule has 0 spiro atoms. The summed E-state index contributed by atoms with van der Waals surface area (Å²) in [7, 11) is 0. The van der Waals surface area contributed by atoms with Crippen LogP contribution in [0.4, 0.5) is 5.69 Å². The predicted octanol–water partition coefficient (Wildman–Crippen LogP) is 1.05. The van der Waals surface area contributed by atoms with Crippen LogP contribution in [-0.2, 0) is 0 Å². The van der Waals surface area contributed by atoms with Crippen LogP contribution in [0.2, 0.25) is 0 Å². The molecule has 0 aliphatic rings. The first kappa shape index (κ1) is 9.46. The molecule has 3 heterocycles. The molecule has 0 saturated heterocycles. The van der Waals surface area contributed by atoms with Gasteiger partial charge in [0.05, 0.1) is 10.3 Å². The summed E-state index contributed by atoms with van der Waals surface area (Å²) in [5, 5.41) is 18.0. The third-order valence-corrected chi connectivity index (χ3v) is 2.34. The summed E-state index contributed by atoms with van der Waals surface area (Å²) in [6.45, 7) is 0. The van der Waals surface area contributed by atoms with E-state index in [1.807, 2.05) is 0 Å². The second-order valence-corrected chi connectivity index (χ2v) is 3.36. The molecule has 0 bridgehead atoms. The highest BCUT2D eigenvalue weighted by Crippen LogP contribution is 2.21. The first-order valence-corrected chi connectivity index (χ1v) is 4.72. The minimum absolute atomic E-state index is 0.0692. The maximum absolute atomic E-state index is 10.7. The van der Waals surface area contributed by atoms with E-state index in [0.29, 0.717) is 16.9 Å². The normalized spacial score (nSPS) is 10.8. The van der Waals surface area contributed by atoms with Crippen LogP contribution in [0.1, 0.15) is 0 Å². The van der Waals surface area contributed by atoms with Crippen molar-refractivity contribution in [2.75, 3.05) is 0 Å². The van der Waals surface area contributed by atoms with Crippen LogP contribution < -0.4 is 0 Å². The lowest BCUT2D eigenvalue weighted by Crippen LogP contribution is -1.92. The van der Waals surface area contributed by atoms with E-state index in [0.717, 1.165) is 0 Å². The molecule has 1 N–H and O–H groups in total. The molecule has 0 amide bonds. The Morgan fingerprint density at radius 1 is 1.47 bits per heavy atom. The second-order valence-electron chi connectivity index (χ2n) is 3.36. The zero-order valence-corrected chi connectivity index (χ0v) is 8.44. The van der Waals surface area contributed by atoms with Gasteiger partial charge in [-0.15, -0.1) is 0 Å². The monoisotopic (exact) mass is 230 g/mol. The first-order valence-electron chi connectivity index (χ1n) is 4.72. The maximum Gasteiger partial charge on any atom is 0.288 e. The molecule has 0 unspecified atom stereocenters. The van der Waals surface area contributed by atoms with Gasteiger partial charge >= 0.3 is 0 Å². The number of hydrogen-bond acceptors (Lipinski definition) is 5. The van der Waals surface area contributed by atoms with E-state index in [-0.39, 0.29) is 5.69 Å². The molecule has 0 fully saturated rings. The van der Waals surface area contributed by atoms with Crippen LogP contribution in [0.25, 0.3) is 16.9 Å². The van der Waals surface area contributed by atoms with Crippen LogP contribution in [0.15, 0.2) is 31.0 Å². The SMILES string of the molecule is O=[N+]([O-])c1cnc2[nH]nc(-n3ccnc3)c2c1. The van der Waals surface area contributed by atoms with E-state index in [1.165, 1.54) is 12.3 Å². The van der Waals surface area contributed by atoms with Crippen LogP contribution in [0, 0.1) is 10.1 Å². The number of hydrogen-bond donors (Lipinski definition) is 1. The molecule has 0 atom stereocenters. The van der Waals surface area contributed by atoms with Crippen LogP contribution in [-0.4, -0.2) is 29.7 Å². The molecule has 0 saturated carbocycles. The molecule has 0 aliphatic heterocycles. The maximum atomic E-state index is 10.7. The standard InChI is InChI=1S/C9H6N6O2/c16-15(17)6-3-7-8(11-4-6)12-13-9(7)14-2-1-10-5-14/h1-5H,(H,11,12,13).